The number of hydrogen-bond acceptors (Lipinski definition) is 5. The van der Waals surface area contributed by atoms with Gasteiger partial charge in [-0.15, -0.1) is 4.98 Å². The van der Waals surface area contributed by atoms with E-state index >= 15 is 0 Å². The molecule has 0 aromatic carbocycles. The summed E-state index contributed by atoms with van der Waals surface area (Å²) in [5.41, 5.74) is 1.03. The van der Waals surface area contributed by atoms with Gasteiger partial charge < -0.3 is 9.74 Å². The number of hydrogen-bond donors (Lipinski definition) is 0. The second-order valence-corrected chi connectivity index (χ2v) is 12.8. The second-order valence-electron chi connectivity index (χ2n) is 7.89. The van der Waals surface area contributed by atoms with Crippen LogP contribution >= 0.6 is 11.6 Å². The van der Waals surface area contributed by atoms with Crippen LogP contribution in [0, 0.1) is 6.57 Å². The molecule has 29 heavy (non-hydrogen) atoms. The number of rotatable bonds is 3. The van der Waals surface area contributed by atoms with E-state index in [9.17, 15) is 12.6 Å². The molecule has 0 amide bonds. The van der Waals surface area contributed by atoms with Gasteiger partial charge in [-0.2, -0.15) is 4.40 Å². The Hall–Kier alpha value is -1.96. The summed E-state index contributed by atoms with van der Waals surface area (Å²) in [5, 5.41) is -0.225. The zero-order valence-electron chi connectivity index (χ0n) is 16.6. The average molecular weight is 456 g/mol. The van der Waals surface area contributed by atoms with Crippen LogP contribution in [-0.2, 0) is 20.8 Å². The van der Waals surface area contributed by atoms with E-state index in [1.54, 1.807) is 17.4 Å². The van der Waals surface area contributed by atoms with Crippen LogP contribution in [0.1, 0.15) is 33.3 Å². The van der Waals surface area contributed by atoms with Gasteiger partial charge in [0.05, 0.1) is 26.3 Å². The van der Waals surface area contributed by atoms with E-state index in [1.165, 1.54) is 12.5 Å². The summed E-state index contributed by atoms with van der Waals surface area (Å²) in [6.07, 6.45) is 2.99. The van der Waals surface area contributed by atoms with Crippen molar-refractivity contribution in [3.63, 3.8) is 0 Å². The second kappa shape index (κ2) is 7.70. The number of sulfone groups is 1. The van der Waals surface area contributed by atoms with Gasteiger partial charge in [0.25, 0.3) is 5.82 Å². The van der Waals surface area contributed by atoms with E-state index in [-0.39, 0.29) is 24.7 Å². The largest absolute Gasteiger partial charge is 0.359 e. The smallest absolute Gasteiger partial charge is 0.296 e. The fourth-order valence-electron chi connectivity index (χ4n) is 3.05. The molecule has 1 fully saturated rings. The summed E-state index contributed by atoms with van der Waals surface area (Å²) in [6.45, 7) is 15.1. The monoisotopic (exact) mass is 455 g/mol. The lowest BCUT2D eigenvalue weighted by atomic mass is 10.2. The first-order chi connectivity index (χ1) is 13.5. The molecule has 2 atom stereocenters. The van der Waals surface area contributed by atoms with Crippen molar-refractivity contribution in [2.75, 3.05) is 23.7 Å². The normalized spacial score (nSPS) is 20.8. The number of imidazole rings is 1. The maximum absolute atomic E-state index is 12.4. The molecular weight excluding hydrogens is 434 g/mol. The molecule has 3 heterocycles. The van der Waals surface area contributed by atoms with Crippen molar-refractivity contribution in [2.45, 2.75) is 37.7 Å². The fourth-order valence-corrected chi connectivity index (χ4v) is 5.15. The Kier molecular flexibility index (Phi) is 5.77. The van der Waals surface area contributed by atoms with Crippen molar-refractivity contribution in [3.8, 4) is 0 Å². The van der Waals surface area contributed by atoms with Crippen molar-refractivity contribution in [3.05, 3.63) is 34.4 Å². The third kappa shape index (κ3) is 4.17. The van der Waals surface area contributed by atoms with Crippen molar-refractivity contribution in [1.82, 2.24) is 9.38 Å². The number of halogens is 1. The molecule has 0 spiro atoms. The van der Waals surface area contributed by atoms with Gasteiger partial charge in [-0.05, 0) is 33.8 Å². The number of nitrogens with zero attached hydrogens (tertiary/aromatic N) is 5. The van der Waals surface area contributed by atoms with E-state index in [4.69, 9.17) is 18.2 Å². The number of aromatic nitrogens is 2. The summed E-state index contributed by atoms with van der Waals surface area (Å²) in [4.78, 5) is 9.47. The molecule has 0 N–H and O–H groups in total. The average Bonchev–Trinajstić information content (AvgIpc) is 3.06. The Labute approximate surface area is 177 Å². The third-order valence-corrected chi connectivity index (χ3v) is 8.46. The molecule has 2 aromatic heterocycles. The van der Waals surface area contributed by atoms with Crippen LogP contribution in [-0.4, -0.2) is 57.1 Å². The number of pyridine rings is 1. The van der Waals surface area contributed by atoms with E-state index in [0.717, 1.165) is 0 Å². The molecule has 2 aromatic rings. The van der Waals surface area contributed by atoms with Crippen LogP contribution < -0.4 is 4.90 Å². The highest BCUT2D eigenvalue weighted by atomic mass is 35.5. The Morgan fingerprint density at radius 3 is 2.72 bits per heavy atom. The minimum atomic E-state index is -3.14. The quantitative estimate of drug-likeness (QED) is 0.524. The summed E-state index contributed by atoms with van der Waals surface area (Å²) >= 11 is 6.42. The van der Waals surface area contributed by atoms with Crippen LogP contribution in [0.2, 0.25) is 5.02 Å². The lowest BCUT2D eigenvalue weighted by Crippen LogP contribution is -2.46. The van der Waals surface area contributed by atoms with Gasteiger partial charge in [0, 0.05) is 24.9 Å². The first-order valence-corrected chi connectivity index (χ1v) is 12.2. The van der Waals surface area contributed by atoms with Crippen molar-refractivity contribution in [1.29, 1.82) is 0 Å². The summed E-state index contributed by atoms with van der Waals surface area (Å²) in [5.74, 6) is 0.812. The predicted octanol–water partition coefficient (Wildman–Crippen LogP) is 3.04. The van der Waals surface area contributed by atoms with E-state index in [2.05, 4.69) is 14.2 Å². The molecule has 2 unspecified atom stereocenters. The molecule has 0 bridgehead atoms. The van der Waals surface area contributed by atoms with Crippen molar-refractivity contribution < 1.29 is 12.6 Å². The Morgan fingerprint density at radius 2 is 2.14 bits per heavy atom. The highest BCUT2D eigenvalue weighted by Crippen LogP contribution is 2.34. The molecule has 1 aliphatic heterocycles. The minimum Gasteiger partial charge on any atom is -0.359 e. The van der Waals surface area contributed by atoms with Crippen LogP contribution in [0.3, 0.4) is 0 Å². The van der Waals surface area contributed by atoms with Gasteiger partial charge in [-0.25, -0.2) is 12.6 Å². The van der Waals surface area contributed by atoms with Gasteiger partial charge in [0.2, 0.25) is 0 Å². The maximum Gasteiger partial charge on any atom is 0.296 e. The van der Waals surface area contributed by atoms with Crippen LogP contribution in [0.15, 0.2) is 16.8 Å². The number of fused-ring (bicyclic) bond motifs is 1. The molecular formula is C18H22ClN5O3S2. The summed E-state index contributed by atoms with van der Waals surface area (Å²) in [6, 6.07) is 1.65. The number of anilines is 1. The summed E-state index contributed by atoms with van der Waals surface area (Å²) in [7, 11) is -4.61. The van der Waals surface area contributed by atoms with Crippen LogP contribution in [0.5, 0.6) is 0 Å². The molecule has 0 aliphatic carbocycles. The lowest BCUT2D eigenvalue weighted by Gasteiger charge is -2.34. The SMILES string of the molecule is [C-]#[N+]c1ncn2c(N3CCS(=O)(=O)C(C)C3)c(/C=N/S(=O)C(C)(C)C)cc(Cl)c12. The lowest BCUT2D eigenvalue weighted by molar-refractivity contribution is 0.568. The zero-order valence-corrected chi connectivity index (χ0v) is 19.0. The molecule has 0 saturated carbocycles. The van der Waals surface area contributed by atoms with Gasteiger partial charge in [-0.1, -0.05) is 18.2 Å². The molecule has 8 nitrogen and oxygen atoms in total. The standard InChI is InChI=1S/C18H22ClN5O3S2/c1-12-10-23(6-7-29(12,26)27)17-13(9-22-28(25)18(2,3)4)8-14(19)15-16(20-5)21-11-24(15)17/h8-9,11-12H,6-7,10H2,1-4H3/b22-9+. The Balaban J connectivity index is 2.18. The molecule has 156 valence electrons. The third-order valence-electron chi connectivity index (χ3n) is 4.70. The molecule has 1 saturated heterocycles. The predicted molar refractivity (Wildman–Crippen MR) is 117 cm³/mol. The van der Waals surface area contributed by atoms with Crippen molar-refractivity contribution >= 4 is 55.8 Å². The summed E-state index contributed by atoms with van der Waals surface area (Å²) < 4.78 is 42.1. The Morgan fingerprint density at radius 1 is 1.45 bits per heavy atom. The van der Waals surface area contributed by atoms with Gasteiger partial charge in [0.1, 0.15) is 16.8 Å². The van der Waals surface area contributed by atoms with Gasteiger partial charge in [0.15, 0.2) is 16.2 Å². The van der Waals surface area contributed by atoms with Crippen molar-refractivity contribution in [2.24, 2.45) is 4.40 Å². The highest BCUT2D eigenvalue weighted by Gasteiger charge is 2.32. The maximum atomic E-state index is 12.4. The fraction of sp³-hybridized carbons (Fsp3) is 0.500. The topological polar surface area (TPSA) is 88.5 Å². The van der Waals surface area contributed by atoms with E-state index in [0.29, 0.717) is 21.9 Å². The molecule has 1 aliphatic rings. The van der Waals surface area contributed by atoms with Gasteiger partial charge >= 0.3 is 0 Å². The minimum absolute atomic E-state index is 0.0210. The Bertz CT molecular complexity index is 1160. The first kappa shape index (κ1) is 21.7. The zero-order chi connectivity index (χ0) is 21.6. The van der Waals surface area contributed by atoms with Crippen LogP contribution in [0.4, 0.5) is 11.6 Å². The molecule has 3 rings (SSSR count). The van der Waals surface area contributed by atoms with E-state index < -0.39 is 30.8 Å². The molecule has 11 heteroatoms. The van der Waals surface area contributed by atoms with E-state index in [1.807, 2.05) is 25.7 Å². The molecule has 0 radical (unpaired) electrons. The van der Waals surface area contributed by atoms with Crippen LogP contribution in [0.25, 0.3) is 10.4 Å². The van der Waals surface area contributed by atoms with Gasteiger partial charge in [-0.3, -0.25) is 4.40 Å². The first-order valence-electron chi connectivity index (χ1n) is 8.95. The highest BCUT2D eigenvalue weighted by molar-refractivity contribution is 7.92.